The van der Waals surface area contributed by atoms with Crippen molar-refractivity contribution in [3.05, 3.63) is 71.9 Å². The quantitative estimate of drug-likeness (QED) is 0.739. The van der Waals surface area contributed by atoms with Crippen molar-refractivity contribution in [1.29, 1.82) is 0 Å². The summed E-state index contributed by atoms with van der Waals surface area (Å²) in [6.45, 7) is 4.98. The van der Waals surface area contributed by atoms with Crippen molar-refractivity contribution in [3.8, 4) is 5.82 Å². The number of hydrogen-bond acceptors (Lipinski definition) is 4. The Morgan fingerprint density at radius 1 is 1.16 bits per heavy atom. The highest BCUT2D eigenvalue weighted by Crippen LogP contribution is 2.39. The fourth-order valence-corrected chi connectivity index (χ4v) is 3.32. The average Bonchev–Trinajstić information content (AvgIpc) is 3.16. The lowest BCUT2D eigenvalue weighted by Gasteiger charge is -2.47. The zero-order valence-corrected chi connectivity index (χ0v) is 14.2. The summed E-state index contributed by atoms with van der Waals surface area (Å²) in [5.74, 6) is 0.972. The smallest absolute Gasteiger partial charge is 0.273 e. The van der Waals surface area contributed by atoms with Gasteiger partial charge in [0.05, 0.1) is 6.04 Å². The van der Waals surface area contributed by atoms with E-state index in [1.54, 1.807) is 17.1 Å². The van der Waals surface area contributed by atoms with Gasteiger partial charge in [-0.3, -0.25) is 4.79 Å². The number of benzene rings is 1. The number of aryl methyl sites for hydroxylation is 1. The highest BCUT2D eigenvalue weighted by molar-refractivity contribution is 5.93. The average molecular weight is 333 g/mol. The van der Waals surface area contributed by atoms with Crippen LogP contribution in [-0.2, 0) is 0 Å². The van der Waals surface area contributed by atoms with Gasteiger partial charge in [-0.15, -0.1) is 0 Å². The number of pyridine rings is 1. The zero-order chi connectivity index (χ0) is 17.4. The van der Waals surface area contributed by atoms with Crippen molar-refractivity contribution >= 4 is 5.91 Å². The molecule has 0 N–H and O–H groups in total. The molecule has 4 rings (SSSR count). The normalized spacial score (nSPS) is 19.5. The van der Waals surface area contributed by atoms with E-state index in [2.05, 4.69) is 53.2 Å². The lowest BCUT2D eigenvalue weighted by molar-refractivity contribution is 0.0192. The Kier molecular flexibility index (Phi) is 3.80. The molecule has 2 aromatic heterocycles. The van der Waals surface area contributed by atoms with Crippen LogP contribution in [0, 0.1) is 12.8 Å². The van der Waals surface area contributed by atoms with Gasteiger partial charge in [-0.1, -0.05) is 42.8 Å². The third-order valence-electron chi connectivity index (χ3n) is 4.65. The molecule has 25 heavy (non-hydrogen) atoms. The van der Waals surface area contributed by atoms with E-state index in [0.717, 1.165) is 6.54 Å². The Hall–Kier alpha value is -3.02. The summed E-state index contributed by atoms with van der Waals surface area (Å²) in [6, 6.07) is 13.9. The molecule has 0 aliphatic carbocycles. The third kappa shape index (κ3) is 2.80. The van der Waals surface area contributed by atoms with Crippen molar-refractivity contribution in [2.24, 2.45) is 5.92 Å². The Bertz CT molecular complexity index is 888. The number of rotatable bonds is 3. The summed E-state index contributed by atoms with van der Waals surface area (Å²) in [7, 11) is 0. The largest absolute Gasteiger partial charge is 0.330 e. The van der Waals surface area contributed by atoms with E-state index in [0.29, 0.717) is 17.4 Å². The lowest BCUT2D eigenvalue weighted by Crippen LogP contribution is -2.51. The molecule has 6 heteroatoms. The topological polar surface area (TPSA) is 63.9 Å². The second kappa shape index (κ2) is 6.12. The SMILES string of the molecule is Cc1ccc(C2C(C)CN2C(=O)c2cccc(-n3cncn3)n2)cc1. The van der Waals surface area contributed by atoms with Gasteiger partial charge in [-0.25, -0.2) is 14.6 Å². The first-order chi connectivity index (χ1) is 12.1. The van der Waals surface area contributed by atoms with E-state index < -0.39 is 0 Å². The van der Waals surface area contributed by atoms with Gasteiger partial charge in [0.1, 0.15) is 18.3 Å². The van der Waals surface area contributed by atoms with Gasteiger partial charge in [0.25, 0.3) is 5.91 Å². The molecule has 1 aromatic carbocycles. The van der Waals surface area contributed by atoms with Gasteiger partial charge in [-0.2, -0.15) is 5.10 Å². The predicted molar refractivity (Wildman–Crippen MR) is 93.3 cm³/mol. The number of aromatic nitrogens is 4. The summed E-state index contributed by atoms with van der Waals surface area (Å²) < 4.78 is 1.55. The van der Waals surface area contributed by atoms with Crippen LogP contribution in [0.15, 0.2) is 55.1 Å². The van der Waals surface area contributed by atoms with Crippen molar-refractivity contribution < 1.29 is 4.79 Å². The van der Waals surface area contributed by atoms with Crippen LogP contribution in [0.1, 0.15) is 34.6 Å². The maximum atomic E-state index is 13.0. The highest BCUT2D eigenvalue weighted by Gasteiger charge is 2.40. The van der Waals surface area contributed by atoms with Crippen LogP contribution in [0.2, 0.25) is 0 Å². The minimum atomic E-state index is -0.0503. The molecule has 0 saturated carbocycles. The third-order valence-corrected chi connectivity index (χ3v) is 4.65. The van der Waals surface area contributed by atoms with Crippen molar-refractivity contribution in [3.63, 3.8) is 0 Å². The molecule has 2 unspecified atom stereocenters. The first-order valence-electron chi connectivity index (χ1n) is 8.33. The van der Waals surface area contributed by atoms with E-state index in [1.807, 2.05) is 17.0 Å². The van der Waals surface area contributed by atoms with Crippen molar-refractivity contribution in [1.82, 2.24) is 24.6 Å². The Morgan fingerprint density at radius 2 is 1.96 bits per heavy atom. The van der Waals surface area contributed by atoms with E-state index in [4.69, 9.17) is 0 Å². The summed E-state index contributed by atoms with van der Waals surface area (Å²) >= 11 is 0. The molecular weight excluding hydrogens is 314 g/mol. The van der Waals surface area contributed by atoms with Crippen LogP contribution < -0.4 is 0 Å². The van der Waals surface area contributed by atoms with Gasteiger partial charge in [0, 0.05) is 6.54 Å². The molecule has 3 aromatic rings. The number of carbonyl (C=O) groups is 1. The summed E-state index contributed by atoms with van der Waals surface area (Å²) in [4.78, 5) is 23.2. The molecule has 126 valence electrons. The Labute approximate surface area is 146 Å². The van der Waals surface area contributed by atoms with Crippen LogP contribution in [0.5, 0.6) is 0 Å². The van der Waals surface area contributed by atoms with Gasteiger partial charge in [-0.05, 0) is 30.5 Å². The number of carbonyl (C=O) groups excluding carboxylic acids is 1. The Balaban J connectivity index is 1.60. The van der Waals surface area contributed by atoms with Crippen molar-refractivity contribution in [2.75, 3.05) is 6.54 Å². The fourth-order valence-electron chi connectivity index (χ4n) is 3.32. The lowest BCUT2D eigenvalue weighted by atomic mass is 9.84. The van der Waals surface area contributed by atoms with Crippen LogP contribution in [0.25, 0.3) is 5.82 Å². The molecule has 1 amide bonds. The molecular formula is C19H19N5O. The van der Waals surface area contributed by atoms with Crippen LogP contribution in [0.3, 0.4) is 0 Å². The predicted octanol–water partition coefficient (Wildman–Crippen LogP) is 2.80. The van der Waals surface area contributed by atoms with E-state index in [9.17, 15) is 4.79 Å². The minimum absolute atomic E-state index is 0.0503. The Morgan fingerprint density at radius 3 is 2.64 bits per heavy atom. The first kappa shape index (κ1) is 15.5. The maximum absolute atomic E-state index is 13.0. The van der Waals surface area contributed by atoms with E-state index in [-0.39, 0.29) is 11.9 Å². The molecule has 6 nitrogen and oxygen atoms in total. The first-order valence-corrected chi connectivity index (χ1v) is 8.33. The minimum Gasteiger partial charge on any atom is -0.330 e. The maximum Gasteiger partial charge on any atom is 0.273 e. The molecule has 1 saturated heterocycles. The van der Waals surface area contributed by atoms with Crippen LogP contribution >= 0.6 is 0 Å². The molecule has 1 aliphatic rings. The molecule has 1 fully saturated rings. The van der Waals surface area contributed by atoms with Gasteiger partial charge in [0.15, 0.2) is 5.82 Å². The molecule has 1 aliphatic heterocycles. The van der Waals surface area contributed by atoms with Gasteiger partial charge >= 0.3 is 0 Å². The summed E-state index contributed by atoms with van der Waals surface area (Å²) in [5.41, 5.74) is 2.82. The number of nitrogens with zero attached hydrogens (tertiary/aromatic N) is 5. The zero-order valence-electron chi connectivity index (χ0n) is 14.2. The number of amides is 1. The summed E-state index contributed by atoms with van der Waals surface area (Å²) in [5, 5.41) is 4.07. The second-order valence-corrected chi connectivity index (χ2v) is 6.51. The molecule has 0 bridgehead atoms. The fraction of sp³-hybridized carbons (Fsp3) is 0.263. The van der Waals surface area contributed by atoms with Gasteiger partial charge < -0.3 is 4.90 Å². The molecule has 0 radical (unpaired) electrons. The highest BCUT2D eigenvalue weighted by atomic mass is 16.2. The number of hydrogen-bond donors (Lipinski definition) is 0. The van der Waals surface area contributed by atoms with Crippen molar-refractivity contribution in [2.45, 2.75) is 19.9 Å². The molecule has 0 spiro atoms. The van der Waals surface area contributed by atoms with E-state index >= 15 is 0 Å². The second-order valence-electron chi connectivity index (χ2n) is 6.51. The van der Waals surface area contributed by atoms with E-state index in [1.165, 1.54) is 17.5 Å². The molecule has 2 atom stereocenters. The monoisotopic (exact) mass is 333 g/mol. The summed E-state index contributed by atoms with van der Waals surface area (Å²) in [6.07, 6.45) is 3.01. The number of likely N-dealkylation sites (tertiary alicyclic amines) is 1. The molecule has 3 heterocycles. The van der Waals surface area contributed by atoms with Crippen LogP contribution in [0.4, 0.5) is 0 Å². The standard InChI is InChI=1S/C19H19N5O/c1-13-6-8-15(9-7-13)18-14(2)10-23(18)19(25)16-4-3-5-17(22-16)24-12-20-11-21-24/h3-9,11-12,14,18H,10H2,1-2H3. The van der Waals surface area contributed by atoms with Crippen LogP contribution in [-0.4, -0.2) is 37.1 Å². The van der Waals surface area contributed by atoms with Gasteiger partial charge in [0.2, 0.25) is 0 Å².